The molecule has 16 heteroatoms. The van der Waals surface area contributed by atoms with Gasteiger partial charge in [0.1, 0.15) is 30.2 Å². The standard InChI is InChI=1S/C53H87Br2ClO13/c1-33-20-39(57)22-34(2)23-41-29-46(69-51(65)27-40(58)21-33)52(68-41)45(61)24-35(3)25-48(62)53(6,7)49(63)30-44(60)37(5)43(59)28-42(26-36(4)47(32-55)66-8)67-50(64)19-17-15-13-11-9-10-12-14-16-18-38(56)31-54/h21,24,31-32,34,37,39-46,48-49,52,57-63H,4,9-20,22-23,25-30H2,1-3,5-8H3/b33-21-,35-24+,38-31+,47-32-/t34-,37?,39+,40?,41-,42?,43?,44?,45+,46+,48?,49?,52+/m1/s1. The van der Waals surface area contributed by atoms with E-state index in [0.29, 0.717) is 49.0 Å². The zero-order valence-electron chi connectivity index (χ0n) is 42.4. The summed E-state index contributed by atoms with van der Waals surface area (Å²) < 4.78 is 23.3. The second-order valence-corrected chi connectivity index (χ2v) is 22.0. The van der Waals surface area contributed by atoms with Crippen LogP contribution < -0.4 is 0 Å². The van der Waals surface area contributed by atoms with Gasteiger partial charge in [-0.3, -0.25) is 9.59 Å². The van der Waals surface area contributed by atoms with Gasteiger partial charge in [0.25, 0.3) is 0 Å². The number of hydrogen-bond acceptors (Lipinski definition) is 13. The topological polar surface area (TPSA) is 213 Å². The lowest BCUT2D eigenvalue weighted by molar-refractivity contribution is -0.156. The van der Waals surface area contributed by atoms with Crippen LogP contribution in [0.1, 0.15) is 170 Å². The smallest absolute Gasteiger partial charge is 0.309 e. The number of methoxy groups -OCH3 is 1. The predicted octanol–water partition coefficient (Wildman–Crippen LogP) is 10.0. The summed E-state index contributed by atoms with van der Waals surface area (Å²) >= 11 is 12.6. The molecule has 0 aromatic rings. The second kappa shape index (κ2) is 33.2. The first-order valence-electron chi connectivity index (χ1n) is 25.1. The van der Waals surface area contributed by atoms with Gasteiger partial charge >= 0.3 is 11.9 Å². The van der Waals surface area contributed by atoms with Crippen LogP contribution in [0.4, 0.5) is 0 Å². The van der Waals surface area contributed by atoms with E-state index in [0.717, 1.165) is 55.6 Å². The molecule has 2 aliphatic rings. The van der Waals surface area contributed by atoms with Crippen LogP contribution in [0.3, 0.4) is 0 Å². The average Bonchev–Trinajstić information content (AvgIpc) is 3.65. The number of unbranched alkanes of at least 4 members (excludes halogenated alkanes) is 8. The molecule has 1 fully saturated rings. The highest BCUT2D eigenvalue weighted by Crippen LogP contribution is 2.36. The van der Waals surface area contributed by atoms with Crippen molar-refractivity contribution >= 4 is 55.4 Å². The fourth-order valence-electron chi connectivity index (χ4n) is 9.28. The highest BCUT2D eigenvalue weighted by atomic mass is 79.9. The number of aliphatic hydroxyl groups is 7. The first-order chi connectivity index (χ1) is 32.5. The normalized spacial score (nSPS) is 26.4. The second-order valence-electron chi connectivity index (χ2n) is 20.6. The lowest BCUT2D eigenvalue weighted by Crippen LogP contribution is -2.44. The van der Waals surface area contributed by atoms with Gasteiger partial charge in [0.2, 0.25) is 0 Å². The molecule has 2 rings (SSSR count). The maximum Gasteiger partial charge on any atom is 0.309 e. The minimum Gasteiger partial charge on any atom is -0.496 e. The fourth-order valence-corrected chi connectivity index (χ4v) is 10.2. The number of esters is 2. The summed E-state index contributed by atoms with van der Waals surface area (Å²) in [7, 11) is 1.50. The molecule has 0 aromatic carbocycles. The van der Waals surface area contributed by atoms with E-state index < -0.39 is 78.3 Å². The van der Waals surface area contributed by atoms with Crippen LogP contribution in [-0.2, 0) is 28.5 Å². The number of allylic oxidation sites excluding steroid dienone is 2. The molecule has 2 heterocycles. The molecule has 1 saturated heterocycles. The van der Waals surface area contributed by atoms with Crippen LogP contribution in [0.15, 0.2) is 56.2 Å². The number of rotatable bonds is 29. The Morgan fingerprint density at radius 3 is 2.09 bits per heavy atom. The summed E-state index contributed by atoms with van der Waals surface area (Å²) in [5.74, 6) is -1.24. The maximum absolute atomic E-state index is 13.1. The summed E-state index contributed by atoms with van der Waals surface area (Å²) in [6, 6.07) is 0. The predicted molar refractivity (Wildman–Crippen MR) is 278 cm³/mol. The molecule has 0 amide bonds. The van der Waals surface area contributed by atoms with Crippen LogP contribution in [0.2, 0.25) is 0 Å². The summed E-state index contributed by atoms with van der Waals surface area (Å²) in [5.41, 5.74) is 0.771. The van der Waals surface area contributed by atoms with E-state index in [-0.39, 0.29) is 56.5 Å². The zero-order chi connectivity index (χ0) is 51.8. The molecule has 0 aliphatic carbocycles. The van der Waals surface area contributed by atoms with E-state index in [9.17, 15) is 45.3 Å². The molecule has 7 N–H and O–H groups in total. The molecule has 398 valence electrons. The molecule has 2 bridgehead atoms. The average molecular weight is 1130 g/mol. The third-order valence-corrected chi connectivity index (χ3v) is 15.3. The number of ether oxygens (including phenoxy) is 4. The Kier molecular flexibility index (Phi) is 30.6. The van der Waals surface area contributed by atoms with Crippen molar-refractivity contribution in [3.63, 3.8) is 0 Å². The maximum atomic E-state index is 13.1. The molecule has 69 heavy (non-hydrogen) atoms. The SMILES string of the molecule is C=C(CC(CC(O)C(C)C(O)CC(O)C(C)(C)C(O)C/C(C)=C/[C@H](O)[C@@H]1O[C@@H]2C[C@H](C)C[C@@H](O)C/C(C)=C\C(O)CC(=O)O[C@H]1C2)OC(=O)CCCCCCCCCCC/C(Cl)=C\Br)/C(=C/Br)OC. The highest BCUT2D eigenvalue weighted by molar-refractivity contribution is 9.11. The van der Waals surface area contributed by atoms with Gasteiger partial charge in [-0.1, -0.05) is 146 Å². The summed E-state index contributed by atoms with van der Waals surface area (Å²) in [6.07, 6.45) is 4.92. The fraction of sp³-hybridized carbons (Fsp3) is 0.774. The summed E-state index contributed by atoms with van der Waals surface area (Å²) in [6.45, 7) is 14.6. The van der Waals surface area contributed by atoms with E-state index in [1.54, 1.807) is 56.7 Å². The van der Waals surface area contributed by atoms with Crippen molar-refractivity contribution < 1.29 is 64.3 Å². The molecule has 7 unspecified atom stereocenters. The molecule has 0 spiro atoms. The lowest BCUT2D eigenvalue weighted by atomic mass is 9.75. The van der Waals surface area contributed by atoms with Crippen molar-refractivity contribution in [1.82, 2.24) is 0 Å². The number of halogens is 3. The Morgan fingerprint density at radius 1 is 0.899 bits per heavy atom. The van der Waals surface area contributed by atoms with Gasteiger partial charge in [0, 0.05) is 53.5 Å². The zero-order valence-corrected chi connectivity index (χ0v) is 46.3. The minimum absolute atomic E-state index is 0.00194. The summed E-state index contributed by atoms with van der Waals surface area (Å²) in [5, 5.41) is 79.1. The van der Waals surface area contributed by atoms with Crippen molar-refractivity contribution in [3.05, 3.63) is 56.2 Å². The monoisotopic (exact) mass is 1120 g/mol. The van der Waals surface area contributed by atoms with Crippen molar-refractivity contribution in [2.45, 2.75) is 237 Å². The van der Waals surface area contributed by atoms with Gasteiger partial charge in [-0.05, 0) is 75.3 Å². The van der Waals surface area contributed by atoms with Crippen molar-refractivity contribution in [2.24, 2.45) is 17.3 Å². The molecule has 13 atom stereocenters. The van der Waals surface area contributed by atoms with Crippen LogP contribution in [0.25, 0.3) is 0 Å². The first kappa shape index (κ1) is 63.5. The van der Waals surface area contributed by atoms with Crippen molar-refractivity contribution in [3.8, 4) is 0 Å². The van der Waals surface area contributed by atoms with Crippen molar-refractivity contribution in [2.75, 3.05) is 7.11 Å². The lowest BCUT2D eigenvalue weighted by Gasteiger charge is -2.38. The van der Waals surface area contributed by atoms with E-state index in [1.165, 1.54) is 20.0 Å². The number of carbonyl (C=O) groups is 2. The number of aliphatic hydroxyl groups excluding tert-OH is 7. The van der Waals surface area contributed by atoms with E-state index in [2.05, 4.69) is 38.4 Å². The van der Waals surface area contributed by atoms with E-state index >= 15 is 0 Å². The third kappa shape index (κ3) is 24.3. The van der Waals surface area contributed by atoms with Gasteiger partial charge in [0.05, 0.1) is 56.3 Å². The Balaban J connectivity index is 2.00. The number of hydrogen-bond donors (Lipinski definition) is 7. The Morgan fingerprint density at radius 2 is 1.49 bits per heavy atom. The van der Waals surface area contributed by atoms with Gasteiger partial charge in [-0.15, -0.1) is 0 Å². The van der Waals surface area contributed by atoms with Crippen LogP contribution >= 0.6 is 43.5 Å². The largest absolute Gasteiger partial charge is 0.496 e. The Labute approximate surface area is 435 Å². The molecule has 0 saturated carbocycles. The van der Waals surface area contributed by atoms with Crippen LogP contribution in [0, 0.1) is 17.3 Å². The van der Waals surface area contributed by atoms with Gasteiger partial charge in [-0.25, -0.2) is 0 Å². The molecule has 0 aromatic heterocycles. The van der Waals surface area contributed by atoms with Crippen LogP contribution in [0.5, 0.6) is 0 Å². The van der Waals surface area contributed by atoms with Crippen LogP contribution in [-0.4, -0.2) is 122 Å². The van der Waals surface area contributed by atoms with E-state index in [1.807, 2.05) is 6.92 Å². The van der Waals surface area contributed by atoms with Gasteiger partial charge in [-0.2, -0.15) is 0 Å². The first-order valence-corrected chi connectivity index (χ1v) is 27.3. The van der Waals surface area contributed by atoms with E-state index in [4.69, 9.17) is 30.5 Å². The van der Waals surface area contributed by atoms with Gasteiger partial charge in [0.15, 0.2) is 0 Å². The molecular formula is C53H87Br2ClO13. The molecule has 13 nitrogen and oxygen atoms in total. The van der Waals surface area contributed by atoms with Crippen molar-refractivity contribution in [1.29, 1.82) is 0 Å². The molecule has 0 radical (unpaired) electrons. The number of fused-ring (bicyclic) bond motifs is 2. The third-order valence-electron chi connectivity index (χ3n) is 13.8. The quantitative estimate of drug-likeness (QED) is 0.0122. The minimum atomic E-state index is -1.22. The highest BCUT2D eigenvalue weighted by Gasteiger charge is 2.43. The van der Waals surface area contributed by atoms with Gasteiger partial charge < -0.3 is 54.7 Å². The Bertz CT molecular complexity index is 1670. The molecular weight excluding hydrogens is 1040 g/mol. The summed E-state index contributed by atoms with van der Waals surface area (Å²) in [4.78, 5) is 29.3. The number of carbonyl (C=O) groups excluding carboxylic acids is 2. The molecule has 2 aliphatic heterocycles. The Hall–Kier alpha value is -1.63.